The number of nitrogens with zero attached hydrogens (tertiary/aromatic N) is 1. The zero-order valence-corrected chi connectivity index (χ0v) is 15.6. The van der Waals surface area contributed by atoms with E-state index < -0.39 is 29.4 Å². The molecule has 3 aromatic rings. The van der Waals surface area contributed by atoms with Crippen LogP contribution in [-0.4, -0.2) is 23.1 Å². The Morgan fingerprint density at radius 1 is 1.07 bits per heavy atom. The number of hydrogen-bond donors (Lipinski definition) is 2. The van der Waals surface area contributed by atoms with Crippen LogP contribution in [0.4, 0.5) is 17.6 Å². The van der Waals surface area contributed by atoms with Gasteiger partial charge < -0.3 is 5.32 Å². The van der Waals surface area contributed by atoms with E-state index in [1.165, 1.54) is 45.0 Å². The number of carbonyl (C=O) groups is 1. The largest absolute Gasteiger partial charge is 0.409 e. The van der Waals surface area contributed by atoms with Gasteiger partial charge >= 0.3 is 6.18 Å². The van der Waals surface area contributed by atoms with Gasteiger partial charge in [-0.15, -0.1) is 0 Å². The predicted octanol–water partition coefficient (Wildman–Crippen LogP) is 4.27. The Morgan fingerprint density at radius 3 is 2.29 bits per heavy atom. The van der Waals surface area contributed by atoms with Crippen LogP contribution in [0.25, 0.3) is 16.9 Å². The molecule has 0 unspecified atom stereocenters. The summed E-state index contributed by atoms with van der Waals surface area (Å²) in [6.45, 7) is 4.24. The van der Waals surface area contributed by atoms with E-state index in [0.29, 0.717) is 16.9 Å². The van der Waals surface area contributed by atoms with Crippen LogP contribution in [-0.2, 0) is 0 Å². The summed E-state index contributed by atoms with van der Waals surface area (Å²) >= 11 is 0. The van der Waals surface area contributed by atoms with Crippen LogP contribution in [0.1, 0.15) is 31.3 Å². The molecule has 0 aliphatic heterocycles. The van der Waals surface area contributed by atoms with Crippen molar-refractivity contribution >= 4 is 11.4 Å². The van der Waals surface area contributed by atoms with E-state index in [1.807, 2.05) is 0 Å². The molecule has 148 valence electrons. The molecule has 4 nitrogen and oxygen atoms in total. The SMILES string of the molecule is CC(C)(C)[C@H](NC(=O)c1[nH]c(-c2ccc(F)cc2)[n+]2ccccc12)C(F)(F)F. The number of fused-ring (bicyclic) bond motifs is 1. The topological polar surface area (TPSA) is 49.0 Å². The van der Waals surface area contributed by atoms with Crippen molar-refractivity contribution in [1.82, 2.24) is 10.3 Å². The number of aromatic amines is 1. The molecule has 3 rings (SSSR count). The summed E-state index contributed by atoms with van der Waals surface area (Å²) in [5.41, 5.74) is -0.221. The summed E-state index contributed by atoms with van der Waals surface area (Å²) in [4.78, 5) is 15.6. The van der Waals surface area contributed by atoms with Crippen molar-refractivity contribution in [2.45, 2.75) is 33.0 Å². The van der Waals surface area contributed by atoms with Gasteiger partial charge in [0.1, 0.15) is 11.9 Å². The Bertz CT molecular complexity index is 987. The fourth-order valence-corrected chi connectivity index (χ4v) is 3.07. The van der Waals surface area contributed by atoms with Crippen LogP contribution in [0.2, 0.25) is 0 Å². The van der Waals surface area contributed by atoms with E-state index in [1.54, 1.807) is 28.8 Å². The Balaban J connectivity index is 2.06. The summed E-state index contributed by atoms with van der Waals surface area (Å²) in [5, 5.41) is 2.11. The Kier molecular flexibility index (Phi) is 4.91. The van der Waals surface area contributed by atoms with Gasteiger partial charge in [0.2, 0.25) is 5.69 Å². The Morgan fingerprint density at radius 2 is 1.71 bits per heavy atom. The second kappa shape index (κ2) is 6.92. The lowest BCUT2D eigenvalue weighted by molar-refractivity contribution is -0.498. The van der Waals surface area contributed by atoms with Gasteiger partial charge in [-0.25, -0.2) is 9.37 Å². The molecular formula is C20H20F4N3O+. The molecule has 1 aromatic carbocycles. The third-order valence-corrected chi connectivity index (χ3v) is 4.41. The van der Waals surface area contributed by atoms with Crippen molar-refractivity contribution in [3.05, 3.63) is 60.2 Å². The van der Waals surface area contributed by atoms with E-state index >= 15 is 0 Å². The number of carbonyl (C=O) groups excluding carboxylic acids is 1. The molecule has 0 saturated heterocycles. The zero-order chi connectivity index (χ0) is 20.7. The second-order valence-electron chi connectivity index (χ2n) is 7.63. The highest BCUT2D eigenvalue weighted by Gasteiger charge is 2.48. The molecule has 28 heavy (non-hydrogen) atoms. The third kappa shape index (κ3) is 3.85. The minimum Gasteiger partial charge on any atom is -0.337 e. The van der Waals surface area contributed by atoms with E-state index in [2.05, 4.69) is 10.3 Å². The first-order valence-corrected chi connectivity index (χ1v) is 8.64. The normalized spacial score (nSPS) is 13.5. The maximum Gasteiger partial charge on any atom is 0.409 e. The molecule has 1 amide bonds. The maximum absolute atomic E-state index is 13.4. The monoisotopic (exact) mass is 394 g/mol. The zero-order valence-electron chi connectivity index (χ0n) is 15.6. The lowest BCUT2D eigenvalue weighted by atomic mass is 9.86. The van der Waals surface area contributed by atoms with Crippen LogP contribution in [0.3, 0.4) is 0 Å². The quantitative estimate of drug-likeness (QED) is 0.506. The molecular weight excluding hydrogens is 374 g/mol. The van der Waals surface area contributed by atoms with Crippen LogP contribution in [0.5, 0.6) is 0 Å². The van der Waals surface area contributed by atoms with Gasteiger partial charge in [0.15, 0.2) is 5.52 Å². The van der Waals surface area contributed by atoms with Gasteiger partial charge in [0.05, 0.1) is 11.8 Å². The Labute approximate surface area is 159 Å². The molecule has 0 spiro atoms. The van der Waals surface area contributed by atoms with Crippen molar-refractivity contribution in [3.63, 3.8) is 0 Å². The van der Waals surface area contributed by atoms with E-state index in [-0.39, 0.29) is 5.69 Å². The highest BCUT2D eigenvalue weighted by atomic mass is 19.4. The number of pyridine rings is 1. The molecule has 0 aliphatic rings. The van der Waals surface area contributed by atoms with Gasteiger partial charge in [0, 0.05) is 0 Å². The first-order chi connectivity index (χ1) is 13.0. The minimum atomic E-state index is -4.59. The van der Waals surface area contributed by atoms with Gasteiger partial charge in [0.25, 0.3) is 11.7 Å². The van der Waals surface area contributed by atoms with E-state index in [0.717, 1.165) is 0 Å². The summed E-state index contributed by atoms with van der Waals surface area (Å²) < 4.78 is 55.2. The fourth-order valence-electron chi connectivity index (χ4n) is 3.07. The molecule has 0 aliphatic carbocycles. The van der Waals surface area contributed by atoms with Crippen molar-refractivity contribution in [1.29, 1.82) is 0 Å². The number of aromatic nitrogens is 2. The highest BCUT2D eigenvalue weighted by molar-refractivity contribution is 5.98. The number of benzene rings is 1. The number of halogens is 4. The first-order valence-electron chi connectivity index (χ1n) is 8.64. The number of imidazole rings is 1. The van der Waals surface area contributed by atoms with E-state index in [4.69, 9.17) is 0 Å². The predicted molar refractivity (Wildman–Crippen MR) is 96.1 cm³/mol. The van der Waals surface area contributed by atoms with Crippen molar-refractivity contribution in [2.75, 3.05) is 0 Å². The van der Waals surface area contributed by atoms with Gasteiger partial charge in [-0.2, -0.15) is 17.6 Å². The molecule has 0 fully saturated rings. The van der Waals surface area contributed by atoms with Crippen molar-refractivity contribution < 1.29 is 26.8 Å². The average Bonchev–Trinajstić information content (AvgIpc) is 2.98. The maximum atomic E-state index is 13.4. The number of alkyl halides is 3. The molecule has 2 N–H and O–H groups in total. The smallest absolute Gasteiger partial charge is 0.337 e. The summed E-state index contributed by atoms with van der Waals surface area (Å²) in [7, 11) is 0. The molecule has 0 radical (unpaired) electrons. The summed E-state index contributed by atoms with van der Waals surface area (Å²) in [6, 6.07) is 8.59. The molecule has 1 atom stereocenters. The number of H-pyrrole nitrogens is 1. The average molecular weight is 394 g/mol. The van der Waals surface area contributed by atoms with Crippen LogP contribution in [0, 0.1) is 11.2 Å². The molecule has 8 heteroatoms. The van der Waals surface area contributed by atoms with Crippen molar-refractivity contribution in [2.24, 2.45) is 5.41 Å². The van der Waals surface area contributed by atoms with Gasteiger partial charge in [-0.1, -0.05) is 26.8 Å². The summed E-state index contributed by atoms with van der Waals surface area (Å²) in [6.07, 6.45) is -2.92. The van der Waals surface area contributed by atoms with Crippen LogP contribution in [0.15, 0.2) is 48.7 Å². The lowest BCUT2D eigenvalue weighted by Gasteiger charge is -2.32. The first kappa shape index (κ1) is 19.9. The molecule has 0 saturated carbocycles. The highest BCUT2D eigenvalue weighted by Crippen LogP contribution is 2.33. The van der Waals surface area contributed by atoms with Gasteiger partial charge in [-0.05, 0) is 41.8 Å². The number of rotatable bonds is 3. The standard InChI is InChI=1S/C20H19F4N3O/c1-19(2,3)18(20(22,23)24)26-17(28)15-14-6-4-5-11-27(14)16(25-15)12-7-9-13(21)10-8-12/h4-11,18H,1-3H3,(H,26,28)/p+1/t18-/m0/s1. The molecule has 0 bridgehead atoms. The number of hydrogen-bond acceptors (Lipinski definition) is 1. The molecule has 2 aromatic heterocycles. The second-order valence-corrected chi connectivity index (χ2v) is 7.63. The van der Waals surface area contributed by atoms with Gasteiger partial charge in [-0.3, -0.25) is 4.79 Å². The molecule has 2 heterocycles. The Hall–Kier alpha value is -2.90. The van der Waals surface area contributed by atoms with Crippen molar-refractivity contribution in [3.8, 4) is 11.4 Å². The lowest BCUT2D eigenvalue weighted by Crippen LogP contribution is -2.53. The number of amides is 1. The minimum absolute atomic E-state index is 0.00146. The van der Waals surface area contributed by atoms with Crippen LogP contribution >= 0.6 is 0 Å². The van der Waals surface area contributed by atoms with E-state index in [9.17, 15) is 22.4 Å². The summed E-state index contributed by atoms with van der Waals surface area (Å²) in [5.74, 6) is -0.824. The third-order valence-electron chi connectivity index (χ3n) is 4.41. The fraction of sp³-hybridized carbons (Fsp3) is 0.300. The van der Waals surface area contributed by atoms with Crippen LogP contribution < -0.4 is 9.72 Å². The number of nitrogens with one attached hydrogen (secondary N) is 2.